The number of carbonyl (C=O) groups excluding carboxylic acids is 4. The summed E-state index contributed by atoms with van der Waals surface area (Å²) < 4.78 is 79.4. The van der Waals surface area contributed by atoms with Crippen LogP contribution in [-0.4, -0.2) is 61.4 Å². The molecule has 0 spiro atoms. The van der Waals surface area contributed by atoms with Crippen LogP contribution in [0.5, 0.6) is 0 Å². The maximum absolute atomic E-state index is 11.9. The third-order valence-corrected chi connectivity index (χ3v) is 3.33. The molecule has 0 saturated carbocycles. The molecule has 2 N–H and O–H groups in total. The van der Waals surface area contributed by atoms with E-state index >= 15 is 0 Å². The Hall–Kier alpha value is -2.54. The Morgan fingerprint density at radius 1 is 0.750 bits per heavy atom. The van der Waals surface area contributed by atoms with Gasteiger partial charge in [-0.25, -0.2) is 0 Å². The van der Waals surface area contributed by atoms with E-state index in [0.29, 0.717) is 0 Å². The summed E-state index contributed by atoms with van der Waals surface area (Å²) >= 11 is 0. The quantitative estimate of drug-likeness (QED) is 0.441. The van der Waals surface area contributed by atoms with Crippen LogP contribution in [0.25, 0.3) is 0 Å². The van der Waals surface area contributed by atoms with E-state index in [0.717, 1.165) is 0 Å². The Balaban J connectivity index is 2.37. The van der Waals surface area contributed by atoms with Gasteiger partial charge in [-0.3, -0.25) is 19.2 Å². The first-order valence-electron chi connectivity index (χ1n) is 7.82. The van der Waals surface area contributed by atoms with Crippen molar-refractivity contribution in [3.63, 3.8) is 0 Å². The number of halogens is 6. The number of amides is 2. The van der Waals surface area contributed by atoms with Crippen LogP contribution >= 0.6 is 0 Å². The zero-order valence-corrected chi connectivity index (χ0v) is 14.1. The molecule has 1 rings (SSSR count). The molecule has 2 atom stereocenters. The van der Waals surface area contributed by atoms with Crippen LogP contribution in [-0.2, 0) is 28.7 Å². The molecule has 1 fully saturated rings. The fourth-order valence-corrected chi connectivity index (χ4v) is 2.08. The molecule has 0 aliphatic carbocycles. The second-order valence-electron chi connectivity index (χ2n) is 5.75. The van der Waals surface area contributed by atoms with Gasteiger partial charge < -0.3 is 20.1 Å². The minimum atomic E-state index is -4.69. The van der Waals surface area contributed by atoms with Gasteiger partial charge in [-0.2, -0.15) is 26.3 Å². The lowest BCUT2D eigenvalue weighted by Gasteiger charge is -2.29. The molecule has 0 radical (unpaired) electrons. The standard InChI is InChI=1S/C14H16F6N2O6/c15-13(16,17)5-27-9(23)3-1-7-11(25)22-8(12(26)21-7)2-4-10(24)28-6-14(18,19)20/h7-8H,1-6H2,(H,21,26)(H,22,25). The van der Waals surface area contributed by atoms with Crippen LogP contribution in [0, 0.1) is 0 Å². The maximum Gasteiger partial charge on any atom is 0.422 e. The second kappa shape index (κ2) is 9.59. The average Bonchev–Trinajstić information content (AvgIpc) is 2.56. The number of hydrogen-bond donors (Lipinski definition) is 2. The van der Waals surface area contributed by atoms with Crippen molar-refractivity contribution >= 4 is 23.8 Å². The minimum absolute atomic E-state index is 0.325. The lowest BCUT2D eigenvalue weighted by Crippen LogP contribution is -2.61. The van der Waals surface area contributed by atoms with Crippen LogP contribution in [0.2, 0.25) is 0 Å². The number of carbonyl (C=O) groups is 4. The normalized spacial score (nSPS) is 20.2. The van der Waals surface area contributed by atoms with E-state index in [1.165, 1.54) is 0 Å². The van der Waals surface area contributed by atoms with Gasteiger partial charge in [-0.15, -0.1) is 0 Å². The summed E-state index contributed by atoms with van der Waals surface area (Å²) in [4.78, 5) is 46.1. The third-order valence-electron chi connectivity index (χ3n) is 3.33. The van der Waals surface area contributed by atoms with Gasteiger partial charge >= 0.3 is 24.3 Å². The molecule has 14 heteroatoms. The van der Waals surface area contributed by atoms with Gasteiger partial charge in [-0.1, -0.05) is 0 Å². The van der Waals surface area contributed by atoms with Crippen LogP contribution in [0.15, 0.2) is 0 Å². The number of alkyl halides is 6. The fraction of sp³-hybridized carbons (Fsp3) is 0.714. The fourth-order valence-electron chi connectivity index (χ4n) is 2.08. The topological polar surface area (TPSA) is 111 Å². The van der Waals surface area contributed by atoms with Crippen molar-refractivity contribution in [3.05, 3.63) is 0 Å². The number of rotatable bonds is 8. The first kappa shape index (κ1) is 23.5. The van der Waals surface area contributed by atoms with E-state index in [-0.39, 0.29) is 12.8 Å². The van der Waals surface area contributed by atoms with Crippen LogP contribution in [0.3, 0.4) is 0 Å². The van der Waals surface area contributed by atoms with E-state index < -0.39 is 74.2 Å². The van der Waals surface area contributed by atoms with Crippen molar-refractivity contribution in [1.29, 1.82) is 0 Å². The molecule has 2 unspecified atom stereocenters. The smallest absolute Gasteiger partial charge is 0.422 e. The highest BCUT2D eigenvalue weighted by molar-refractivity contribution is 5.97. The highest BCUT2D eigenvalue weighted by atomic mass is 19.4. The molecule has 0 aromatic carbocycles. The van der Waals surface area contributed by atoms with Crippen molar-refractivity contribution in [2.24, 2.45) is 0 Å². The molecule has 2 amide bonds. The maximum atomic E-state index is 11.9. The van der Waals surface area contributed by atoms with Gasteiger partial charge in [0.15, 0.2) is 13.2 Å². The highest BCUT2D eigenvalue weighted by Crippen LogP contribution is 2.16. The third kappa shape index (κ3) is 9.41. The van der Waals surface area contributed by atoms with Gasteiger partial charge in [0.2, 0.25) is 11.8 Å². The Morgan fingerprint density at radius 3 is 1.36 bits per heavy atom. The largest absolute Gasteiger partial charge is 0.456 e. The Bertz CT molecular complexity index is 554. The molecule has 0 bridgehead atoms. The highest BCUT2D eigenvalue weighted by Gasteiger charge is 2.35. The van der Waals surface area contributed by atoms with Crippen molar-refractivity contribution in [1.82, 2.24) is 10.6 Å². The summed E-state index contributed by atoms with van der Waals surface area (Å²) in [5.41, 5.74) is 0. The Labute approximate surface area is 153 Å². The Morgan fingerprint density at radius 2 is 1.07 bits per heavy atom. The van der Waals surface area contributed by atoms with E-state index in [1.807, 2.05) is 0 Å². The van der Waals surface area contributed by atoms with Crippen molar-refractivity contribution in [3.8, 4) is 0 Å². The second-order valence-corrected chi connectivity index (χ2v) is 5.75. The number of ether oxygens (including phenoxy) is 2. The molecule has 1 aliphatic heterocycles. The van der Waals surface area contributed by atoms with Gasteiger partial charge in [-0.05, 0) is 12.8 Å². The van der Waals surface area contributed by atoms with Crippen molar-refractivity contribution < 1.29 is 55.0 Å². The molecule has 1 heterocycles. The predicted molar refractivity (Wildman–Crippen MR) is 76.4 cm³/mol. The average molecular weight is 422 g/mol. The zero-order chi connectivity index (χ0) is 21.5. The monoisotopic (exact) mass is 422 g/mol. The minimum Gasteiger partial charge on any atom is -0.456 e. The first-order chi connectivity index (χ1) is 12.8. The van der Waals surface area contributed by atoms with Crippen LogP contribution in [0.1, 0.15) is 25.7 Å². The summed E-state index contributed by atoms with van der Waals surface area (Å²) in [6.45, 7) is -3.55. The van der Waals surface area contributed by atoms with Crippen LogP contribution < -0.4 is 10.6 Å². The summed E-state index contributed by atoms with van der Waals surface area (Å²) in [7, 11) is 0. The van der Waals surface area contributed by atoms with Gasteiger partial charge in [0.1, 0.15) is 12.1 Å². The number of piperazine rings is 1. The summed E-state index contributed by atoms with van der Waals surface area (Å²) in [5.74, 6) is -3.96. The van der Waals surface area contributed by atoms with Gasteiger partial charge in [0, 0.05) is 12.8 Å². The summed E-state index contributed by atoms with van der Waals surface area (Å²) in [6.07, 6.45) is -11.2. The van der Waals surface area contributed by atoms with E-state index in [1.54, 1.807) is 0 Å². The molecule has 0 aromatic rings. The molecule has 1 saturated heterocycles. The van der Waals surface area contributed by atoms with E-state index in [2.05, 4.69) is 20.1 Å². The molecule has 8 nitrogen and oxygen atoms in total. The molecular weight excluding hydrogens is 406 g/mol. The predicted octanol–water partition coefficient (Wildman–Crippen LogP) is 0.741. The number of hydrogen-bond acceptors (Lipinski definition) is 6. The van der Waals surface area contributed by atoms with Gasteiger partial charge in [0.25, 0.3) is 0 Å². The number of esters is 2. The van der Waals surface area contributed by atoms with Gasteiger partial charge in [0.05, 0.1) is 0 Å². The Kier molecular flexibility index (Phi) is 8.05. The molecule has 0 aromatic heterocycles. The molecule has 160 valence electrons. The van der Waals surface area contributed by atoms with Crippen molar-refractivity contribution in [2.75, 3.05) is 13.2 Å². The van der Waals surface area contributed by atoms with E-state index in [9.17, 15) is 45.5 Å². The number of nitrogens with one attached hydrogen (secondary N) is 2. The van der Waals surface area contributed by atoms with Crippen LogP contribution in [0.4, 0.5) is 26.3 Å². The summed E-state index contributed by atoms with van der Waals surface area (Å²) in [6, 6.07) is -2.42. The zero-order valence-electron chi connectivity index (χ0n) is 14.1. The molecule has 1 aliphatic rings. The molecule has 28 heavy (non-hydrogen) atoms. The van der Waals surface area contributed by atoms with E-state index in [4.69, 9.17) is 0 Å². The lowest BCUT2D eigenvalue weighted by molar-refractivity contribution is -0.186. The lowest BCUT2D eigenvalue weighted by atomic mass is 10.0. The first-order valence-corrected chi connectivity index (χ1v) is 7.82. The van der Waals surface area contributed by atoms with Crippen molar-refractivity contribution in [2.45, 2.75) is 50.1 Å². The SMILES string of the molecule is O=C(CCC1NC(=O)C(CCC(=O)OCC(F)(F)F)NC1=O)OCC(F)(F)F. The molecular formula is C14H16F6N2O6. The summed E-state index contributed by atoms with van der Waals surface area (Å²) in [5, 5.41) is 4.42.